The molecule has 0 radical (unpaired) electrons. The number of hydrogen-bond donors (Lipinski definition) is 1. The molecule has 2 amide bonds. The van der Waals surface area contributed by atoms with Gasteiger partial charge in [-0.1, -0.05) is 42.2 Å². The highest BCUT2D eigenvalue weighted by Crippen LogP contribution is 2.36. The average molecular weight is 472 g/mol. The van der Waals surface area contributed by atoms with Crippen molar-refractivity contribution in [3.05, 3.63) is 68.1 Å². The lowest BCUT2D eigenvalue weighted by Crippen LogP contribution is -2.37. The molecule has 0 atom stereocenters. The predicted octanol–water partition coefficient (Wildman–Crippen LogP) is 3.26. The number of ether oxygens (including phenoxy) is 2. The minimum atomic E-state index is -0.582. The van der Waals surface area contributed by atoms with Gasteiger partial charge in [-0.2, -0.15) is 0 Å². The van der Waals surface area contributed by atoms with Crippen LogP contribution in [0.2, 0.25) is 0 Å². The van der Waals surface area contributed by atoms with Gasteiger partial charge in [-0.25, -0.2) is 0 Å². The van der Waals surface area contributed by atoms with Gasteiger partial charge in [0.25, 0.3) is 17.5 Å². The third kappa shape index (κ3) is 4.30. The standard InChI is InChI=1S/C21H17N3O6S2/c1-12-3-2-4-14(18(12)24(27)28)19(25)22-7-8-23-20(26)17(32-21(23)31)10-13-5-6-15-16(9-13)30-11-29-15/h2-6,9-10H,7-8,11H2,1H3,(H,22,25)/b17-10+. The lowest BCUT2D eigenvalue weighted by molar-refractivity contribution is -0.385. The fourth-order valence-corrected chi connectivity index (χ4v) is 4.62. The molecule has 11 heteroatoms. The smallest absolute Gasteiger partial charge is 0.285 e. The van der Waals surface area contributed by atoms with Crippen LogP contribution in [0.1, 0.15) is 21.5 Å². The number of para-hydroxylation sites is 1. The van der Waals surface area contributed by atoms with Crippen molar-refractivity contribution in [1.82, 2.24) is 10.2 Å². The maximum absolute atomic E-state index is 12.8. The Labute approximate surface area is 192 Å². The number of thiocarbonyl (C=S) groups is 1. The largest absolute Gasteiger partial charge is 0.454 e. The van der Waals surface area contributed by atoms with Crippen LogP contribution in [0.5, 0.6) is 11.5 Å². The number of nitrogens with one attached hydrogen (secondary N) is 1. The Balaban J connectivity index is 1.40. The second-order valence-corrected chi connectivity index (χ2v) is 8.61. The molecule has 0 aliphatic carbocycles. The zero-order chi connectivity index (χ0) is 22.8. The van der Waals surface area contributed by atoms with E-state index in [2.05, 4.69) is 5.32 Å². The fraction of sp³-hybridized carbons (Fsp3) is 0.190. The number of hydrogen-bond acceptors (Lipinski definition) is 8. The van der Waals surface area contributed by atoms with Gasteiger partial charge in [-0.05, 0) is 36.8 Å². The molecule has 9 nitrogen and oxygen atoms in total. The molecule has 164 valence electrons. The van der Waals surface area contributed by atoms with Crippen LogP contribution in [-0.2, 0) is 4.79 Å². The van der Waals surface area contributed by atoms with Gasteiger partial charge in [0.15, 0.2) is 11.5 Å². The van der Waals surface area contributed by atoms with Crippen molar-refractivity contribution in [2.24, 2.45) is 0 Å². The zero-order valence-corrected chi connectivity index (χ0v) is 18.5. The number of aryl methyl sites for hydroxylation is 1. The number of thioether (sulfide) groups is 1. The molecule has 2 aliphatic rings. The van der Waals surface area contributed by atoms with Crippen LogP contribution in [0, 0.1) is 17.0 Å². The first-order chi connectivity index (χ1) is 15.3. The number of fused-ring (bicyclic) bond motifs is 1. The molecule has 2 aliphatic heterocycles. The van der Waals surface area contributed by atoms with Gasteiger partial charge >= 0.3 is 0 Å². The lowest BCUT2D eigenvalue weighted by Gasteiger charge is -2.15. The van der Waals surface area contributed by atoms with Gasteiger partial charge < -0.3 is 14.8 Å². The van der Waals surface area contributed by atoms with Crippen LogP contribution in [0.25, 0.3) is 6.08 Å². The molecule has 2 heterocycles. The van der Waals surface area contributed by atoms with E-state index in [0.29, 0.717) is 26.3 Å². The first-order valence-corrected chi connectivity index (χ1v) is 10.7. The highest BCUT2D eigenvalue weighted by atomic mass is 32.2. The van der Waals surface area contributed by atoms with Crippen LogP contribution in [0.15, 0.2) is 41.3 Å². The van der Waals surface area contributed by atoms with E-state index in [1.807, 2.05) is 6.07 Å². The molecule has 2 aromatic rings. The maximum Gasteiger partial charge on any atom is 0.285 e. The van der Waals surface area contributed by atoms with Gasteiger partial charge in [-0.3, -0.25) is 24.6 Å². The number of benzene rings is 2. The summed E-state index contributed by atoms with van der Waals surface area (Å²) in [4.78, 5) is 37.8. The summed E-state index contributed by atoms with van der Waals surface area (Å²) < 4.78 is 11.0. The minimum absolute atomic E-state index is 0.0249. The Kier molecular flexibility index (Phi) is 6.10. The number of nitrogens with zero attached hydrogens (tertiary/aromatic N) is 2. The van der Waals surface area contributed by atoms with E-state index in [-0.39, 0.29) is 37.0 Å². The van der Waals surface area contributed by atoms with Gasteiger partial charge in [-0.15, -0.1) is 0 Å². The van der Waals surface area contributed by atoms with Crippen LogP contribution < -0.4 is 14.8 Å². The van der Waals surface area contributed by atoms with E-state index in [4.69, 9.17) is 21.7 Å². The predicted molar refractivity (Wildman–Crippen MR) is 123 cm³/mol. The molecule has 2 aromatic carbocycles. The summed E-state index contributed by atoms with van der Waals surface area (Å²) in [5, 5.41) is 13.9. The maximum atomic E-state index is 12.8. The van der Waals surface area contributed by atoms with E-state index in [9.17, 15) is 19.7 Å². The highest BCUT2D eigenvalue weighted by Gasteiger charge is 2.32. The molecule has 0 aromatic heterocycles. The van der Waals surface area contributed by atoms with Gasteiger partial charge in [0, 0.05) is 18.7 Å². The molecule has 1 N–H and O–H groups in total. The van der Waals surface area contributed by atoms with Crippen molar-refractivity contribution in [3.8, 4) is 11.5 Å². The zero-order valence-electron chi connectivity index (χ0n) is 16.8. The molecule has 0 unspecified atom stereocenters. The third-order valence-corrected chi connectivity index (χ3v) is 6.23. The molecule has 1 saturated heterocycles. The summed E-state index contributed by atoms with van der Waals surface area (Å²) in [7, 11) is 0. The SMILES string of the molecule is Cc1cccc(C(=O)NCCN2C(=O)/C(=C\c3ccc4c(c3)OCO4)SC2=S)c1[N+](=O)[O-]. The molecule has 0 bridgehead atoms. The van der Waals surface area contributed by atoms with Crippen molar-refractivity contribution < 1.29 is 24.0 Å². The van der Waals surface area contributed by atoms with E-state index >= 15 is 0 Å². The molecule has 0 saturated carbocycles. The van der Waals surface area contributed by atoms with Crippen molar-refractivity contribution in [3.63, 3.8) is 0 Å². The van der Waals surface area contributed by atoms with Crippen molar-refractivity contribution >= 4 is 51.9 Å². The highest BCUT2D eigenvalue weighted by molar-refractivity contribution is 8.26. The Morgan fingerprint density at radius 2 is 2.09 bits per heavy atom. The molecule has 1 fully saturated rings. The average Bonchev–Trinajstić information content (AvgIpc) is 3.32. The monoisotopic (exact) mass is 471 g/mol. The Hall–Kier alpha value is -3.44. The van der Waals surface area contributed by atoms with Crippen molar-refractivity contribution in [2.45, 2.75) is 6.92 Å². The lowest BCUT2D eigenvalue weighted by atomic mass is 10.1. The van der Waals surface area contributed by atoms with Crippen LogP contribution in [0.4, 0.5) is 5.69 Å². The number of nitro groups is 1. The quantitative estimate of drug-likeness (QED) is 0.296. The summed E-state index contributed by atoms with van der Waals surface area (Å²) in [6, 6.07) is 9.92. The first-order valence-electron chi connectivity index (χ1n) is 9.52. The number of carbonyl (C=O) groups is 2. The number of nitro benzene ring substituents is 1. The third-order valence-electron chi connectivity index (χ3n) is 4.85. The Morgan fingerprint density at radius 1 is 1.31 bits per heavy atom. The summed E-state index contributed by atoms with van der Waals surface area (Å²) in [5.74, 6) is 0.414. The summed E-state index contributed by atoms with van der Waals surface area (Å²) in [6.07, 6.45) is 1.72. The molecule has 0 spiro atoms. The van der Waals surface area contributed by atoms with Crippen molar-refractivity contribution in [2.75, 3.05) is 19.9 Å². The van der Waals surface area contributed by atoms with Crippen LogP contribution in [-0.4, -0.2) is 45.8 Å². The normalized spacial score (nSPS) is 16.0. The van der Waals surface area contributed by atoms with E-state index in [1.165, 1.54) is 22.7 Å². The summed E-state index contributed by atoms with van der Waals surface area (Å²) in [5.41, 5.74) is 0.911. The Bertz CT molecular complexity index is 1180. The van der Waals surface area contributed by atoms with Gasteiger partial charge in [0.2, 0.25) is 6.79 Å². The van der Waals surface area contributed by atoms with Gasteiger partial charge in [0.05, 0.1) is 9.83 Å². The summed E-state index contributed by atoms with van der Waals surface area (Å²) >= 11 is 6.48. The van der Waals surface area contributed by atoms with Crippen LogP contribution in [0.3, 0.4) is 0 Å². The molecule has 4 rings (SSSR count). The first kappa shape index (κ1) is 21.8. The fourth-order valence-electron chi connectivity index (χ4n) is 3.31. The number of amides is 2. The minimum Gasteiger partial charge on any atom is -0.454 e. The summed E-state index contributed by atoms with van der Waals surface area (Å²) in [6.45, 7) is 1.97. The van der Waals surface area contributed by atoms with E-state index in [1.54, 1.807) is 37.3 Å². The van der Waals surface area contributed by atoms with Crippen molar-refractivity contribution in [1.29, 1.82) is 0 Å². The molecular weight excluding hydrogens is 454 g/mol. The van der Waals surface area contributed by atoms with E-state index in [0.717, 1.165) is 5.56 Å². The topological polar surface area (TPSA) is 111 Å². The van der Waals surface area contributed by atoms with E-state index < -0.39 is 10.8 Å². The second kappa shape index (κ2) is 8.97. The number of carbonyl (C=O) groups excluding carboxylic acids is 2. The Morgan fingerprint density at radius 3 is 2.88 bits per heavy atom. The number of rotatable bonds is 6. The second-order valence-electron chi connectivity index (χ2n) is 6.93. The van der Waals surface area contributed by atoms with Crippen LogP contribution >= 0.6 is 24.0 Å². The molecular formula is C21H17N3O6S2. The molecule has 32 heavy (non-hydrogen) atoms. The van der Waals surface area contributed by atoms with Gasteiger partial charge in [0.1, 0.15) is 9.88 Å².